The molecule has 4 heterocycles. The standard InChI is InChI=1S/C54H70N12O12S2/c1-27(2)29(5)43-53(75)77-23-39(61-45(67)37-21-55-33-17-13-15-19-35(33)59-37)47(69)57-32(8)50(72)64(10)42-26-80-79-25-41(51(73)65(43)11)63(9)49(71)31(7)58-48(70)40(24-78-54(76)44(30(6)28(3)4)66(12)52(42)74)62-46(68)38-22-56-34-18-14-16-20-36(34)60-38/h13-22,27-32,39-44H,23-26H2,1-12H3,(H,57,69)(H,58,70)(H,61,67)(H,62,68)/t29-,30+,31-,32-,39+,40+,41+,42-,43+,44+/m0/s1. The second kappa shape index (κ2) is 27.1. The number of carbonyl (C=O) groups is 10. The van der Waals surface area contributed by atoms with Crippen molar-refractivity contribution in [2.45, 2.75) is 104 Å². The predicted octanol–water partition coefficient (Wildman–Crippen LogP) is 1.87. The Bertz CT molecular complexity index is 2810. The van der Waals surface area contributed by atoms with E-state index >= 15 is 9.59 Å². The van der Waals surface area contributed by atoms with Gasteiger partial charge >= 0.3 is 11.9 Å². The minimum Gasteiger partial charge on any atom is -0.461 e. The lowest BCUT2D eigenvalue weighted by Crippen LogP contribution is -2.61. The van der Waals surface area contributed by atoms with Crippen molar-refractivity contribution in [1.29, 1.82) is 0 Å². The van der Waals surface area contributed by atoms with Crippen molar-refractivity contribution in [1.82, 2.24) is 60.8 Å². The lowest BCUT2D eigenvalue weighted by atomic mass is 9.89. The highest BCUT2D eigenvalue weighted by molar-refractivity contribution is 8.76. The number of para-hydroxylation sites is 4. The SMILES string of the molecule is CC(C)[C@@H](C)[C@@H]1C(=O)OC[C@@H](NC(=O)c2cnc3ccccc3n2)C(=O)N[C@@H](C)C(=O)N(C)[C@@H]2CSSC[C@@H](C(=O)N1C)N(C)C(=O)[C@H](C)NC(=O)[C@H](NC(=O)c1cnc3ccccc3n1)COC(=O)[C@@H]([C@@H](C)C(C)C)N(C)C2=O. The van der Waals surface area contributed by atoms with E-state index in [1.54, 1.807) is 62.4 Å². The molecule has 4 aromatic rings. The molecule has 6 rings (SSSR count). The Labute approximate surface area is 471 Å². The zero-order valence-electron chi connectivity index (χ0n) is 46.8. The summed E-state index contributed by atoms with van der Waals surface area (Å²) in [4.78, 5) is 167. The quantitative estimate of drug-likeness (QED) is 0.145. The molecular formula is C54H70N12O12S2. The number of amides is 8. The van der Waals surface area contributed by atoms with Gasteiger partial charge in [0.05, 0.1) is 34.5 Å². The normalized spacial score (nSPS) is 24.9. The fourth-order valence-corrected chi connectivity index (χ4v) is 11.5. The van der Waals surface area contributed by atoms with Crippen LogP contribution < -0.4 is 21.3 Å². The molecule has 8 amide bonds. The fourth-order valence-electron chi connectivity index (χ4n) is 8.98. The summed E-state index contributed by atoms with van der Waals surface area (Å²) in [6.07, 6.45) is 2.42. The fraction of sp³-hybridized carbons (Fsp3) is 0.519. The Kier molecular flexibility index (Phi) is 20.9. The van der Waals surface area contributed by atoms with E-state index in [0.29, 0.717) is 22.1 Å². The van der Waals surface area contributed by atoms with Crippen LogP contribution in [0.25, 0.3) is 22.1 Å². The van der Waals surface area contributed by atoms with E-state index in [4.69, 9.17) is 9.47 Å². The molecule has 4 N–H and O–H groups in total. The average Bonchev–Trinajstić information content (AvgIpc) is 3.48. The summed E-state index contributed by atoms with van der Waals surface area (Å²) in [7, 11) is 7.59. The maximum atomic E-state index is 15.1. The Morgan fingerprint density at radius 1 is 0.537 bits per heavy atom. The molecule has 2 bridgehead atoms. The van der Waals surface area contributed by atoms with Gasteiger partial charge < -0.3 is 50.3 Å². The van der Waals surface area contributed by atoms with Gasteiger partial charge in [0.2, 0.25) is 35.4 Å². The van der Waals surface area contributed by atoms with Gasteiger partial charge in [0, 0.05) is 39.7 Å². The highest BCUT2D eigenvalue weighted by Crippen LogP contribution is 2.30. The first kappa shape index (κ1) is 61.7. The molecule has 80 heavy (non-hydrogen) atoms. The largest absolute Gasteiger partial charge is 0.461 e. The number of nitrogens with one attached hydrogen (secondary N) is 4. The van der Waals surface area contributed by atoms with E-state index in [2.05, 4.69) is 41.2 Å². The summed E-state index contributed by atoms with van der Waals surface area (Å²) in [5.41, 5.74) is 1.39. The summed E-state index contributed by atoms with van der Waals surface area (Å²) in [6.45, 7) is 11.9. The summed E-state index contributed by atoms with van der Waals surface area (Å²) in [6, 6.07) is 2.06. The smallest absolute Gasteiger partial charge is 0.329 e. The summed E-state index contributed by atoms with van der Waals surface area (Å²) >= 11 is 0. The first-order chi connectivity index (χ1) is 37.8. The van der Waals surface area contributed by atoms with Crippen LogP contribution in [0.2, 0.25) is 0 Å². The minimum atomic E-state index is -1.66. The van der Waals surface area contributed by atoms with Crippen LogP contribution in [0, 0.1) is 23.7 Å². The third-order valence-corrected chi connectivity index (χ3v) is 17.1. The van der Waals surface area contributed by atoms with Crippen LogP contribution in [0.3, 0.4) is 0 Å². The van der Waals surface area contributed by atoms with Gasteiger partial charge in [0.1, 0.15) is 72.9 Å². The zero-order chi connectivity index (χ0) is 58.9. The van der Waals surface area contributed by atoms with E-state index in [1.165, 1.54) is 54.4 Å². The molecule has 2 aliphatic rings. The second-order valence-corrected chi connectivity index (χ2v) is 23.3. The Morgan fingerprint density at radius 2 is 0.875 bits per heavy atom. The van der Waals surface area contributed by atoms with Gasteiger partial charge in [-0.1, -0.05) is 87.4 Å². The van der Waals surface area contributed by atoms with Crippen molar-refractivity contribution < 1.29 is 57.4 Å². The number of carbonyl (C=O) groups excluding carboxylic acids is 10. The molecule has 10 atom stereocenters. The topological polar surface area (TPSA) is 302 Å². The Hall–Kier alpha value is -7.48. The van der Waals surface area contributed by atoms with Gasteiger partial charge in [-0.2, -0.15) is 0 Å². The summed E-state index contributed by atoms with van der Waals surface area (Å²) < 4.78 is 11.7. The number of benzene rings is 2. The molecule has 2 fully saturated rings. The van der Waals surface area contributed by atoms with Gasteiger partial charge in [-0.15, -0.1) is 0 Å². The van der Waals surface area contributed by atoms with Crippen LogP contribution in [0.5, 0.6) is 0 Å². The average molecular weight is 1140 g/mol. The van der Waals surface area contributed by atoms with Crippen molar-refractivity contribution in [2.24, 2.45) is 23.7 Å². The molecular weight excluding hydrogens is 1070 g/mol. The molecule has 0 radical (unpaired) electrons. The molecule has 2 aliphatic heterocycles. The third-order valence-electron chi connectivity index (χ3n) is 14.7. The molecule has 26 heteroatoms. The van der Waals surface area contributed by atoms with Gasteiger partial charge in [-0.05, 0) is 61.8 Å². The zero-order valence-corrected chi connectivity index (χ0v) is 48.5. The number of hydrogen-bond acceptors (Lipinski definition) is 18. The maximum absolute atomic E-state index is 15.1. The minimum absolute atomic E-state index is 0.161. The van der Waals surface area contributed by atoms with Crippen molar-refractivity contribution in [3.05, 3.63) is 72.3 Å². The summed E-state index contributed by atoms with van der Waals surface area (Å²) in [5, 5.41) is 10.3. The van der Waals surface area contributed by atoms with Gasteiger partial charge in [0.15, 0.2) is 0 Å². The van der Waals surface area contributed by atoms with Crippen LogP contribution in [0.4, 0.5) is 0 Å². The Morgan fingerprint density at radius 3 is 1.21 bits per heavy atom. The third kappa shape index (κ3) is 14.5. The molecule has 0 unspecified atom stereocenters. The first-order valence-corrected chi connectivity index (χ1v) is 28.6. The number of cyclic esters (lactones) is 2. The van der Waals surface area contributed by atoms with E-state index < -0.39 is 133 Å². The molecule has 24 nitrogen and oxygen atoms in total. The molecule has 430 valence electrons. The van der Waals surface area contributed by atoms with Crippen LogP contribution in [0.1, 0.15) is 76.4 Å². The van der Waals surface area contributed by atoms with Crippen molar-refractivity contribution in [3.63, 3.8) is 0 Å². The van der Waals surface area contributed by atoms with E-state index in [0.717, 1.165) is 41.2 Å². The molecule has 0 saturated carbocycles. The highest BCUT2D eigenvalue weighted by Gasteiger charge is 2.44. The van der Waals surface area contributed by atoms with Gasteiger partial charge in [-0.25, -0.2) is 19.6 Å². The van der Waals surface area contributed by atoms with Crippen LogP contribution in [-0.2, 0) is 47.8 Å². The van der Waals surface area contributed by atoms with Gasteiger partial charge in [0.25, 0.3) is 11.8 Å². The van der Waals surface area contributed by atoms with Crippen molar-refractivity contribution >= 4 is 103 Å². The molecule has 0 spiro atoms. The van der Waals surface area contributed by atoms with Gasteiger partial charge in [-0.3, -0.25) is 48.3 Å². The lowest BCUT2D eigenvalue weighted by molar-refractivity contribution is -0.161. The monoisotopic (exact) mass is 1140 g/mol. The number of esters is 2. The highest BCUT2D eigenvalue weighted by atomic mass is 33.1. The molecule has 2 saturated heterocycles. The lowest BCUT2D eigenvalue weighted by Gasteiger charge is -2.39. The van der Waals surface area contributed by atoms with Crippen LogP contribution >= 0.6 is 21.6 Å². The molecule has 2 aromatic heterocycles. The maximum Gasteiger partial charge on any atom is 0.329 e. The molecule has 2 aromatic carbocycles. The number of rotatable bonds is 8. The number of likely N-dealkylation sites (N-methyl/N-ethyl adjacent to an activating group) is 4. The molecule has 0 aliphatic carbocycles. The van der Waals surface area contributed by atoms with E-state index in [-0.39, 0.29) is 34.7 Å². The second-order valence-electron chi connectivity index (χ2n) is 20.8. The van der Waals surface area contributed by atoms with Crippen molar-refractivity contribution in [2.75, 3.05) is 52.9 Å². The number of aromatic nitrogens is 4. The predicted molar refractivity (Wildman–Crippen MR) is 298 cm³/mol. The Balaban J connectivity index is 1.43. The first-order valence-electron chi connectivity index (χ1n) is 26.1. The van der Waals surface area contributed by atoms with E-state index in [1.807, 2.05) is 27.7 Å². The number of ether oxygens (including phenoxy) is 2. The van der Waals surface area contributed by atoms with E-state index in [9.17, 15) is 38.4 Å². The van der Waals surface area contributed by atoms with Crippen LogP contribution in [-0.4, -0.2) is 200 Å². The number of nitrogens with zero attached hydrogens (tertiary/aromatic N) is 8. The van der Waals surface area contributed by atoms with Crippen molar-refractivity contribution in [3.8, 4) is 0 Å². The van der Waals surface area contributed by atoms with Crippen LogP contribution in [0.15, 0.2) is 60.9 Å². The number of hydrogen-bond donors (Lipinski definition) is 4. The summed E-state index contributed by atoms with van der Waals surface area (Å²) in [5.74, 6) is -10.7. The number of fused-ring (bicyclic) bond motifs is 7.